The van der Waals surface area contributed by atoms with E-state index >= 15 is 0 Å². The van der Waals surface area contributed by atoms with E-state index in [0.29, 0.717) is 17.1 Å². The lowest BCUT2D eigenvalue weighted by atomic mass is 9.93. The number of rotatable bonds is 4. The third-order valence-electron chi connectivity index (χ3n) is 4.74. The minimum absolute atomic E-state index is 0.211. The molecule has 152 valence electrons. The summed E-state index contributed by atoms with van der Waals surface area (Å²) in [7, 11) is 4.73. The summed E-state index contributed by atoms with van der Waals surface area (Å²) in [5.41, 5.74) is 1.15. The molecular weight excluding hydrogens is 396 g/mol. The van der Waals surface area contributed by atoms with Gasteiger partial charge in [-0.3, -0.25) is 9.69 Å². The molecule has 1 amide bonds. The van der Waals surface area contributed by atoms with Gasteiger partial charge in [-0.1, -0.05) is 6.07 Å². The van der Waals surface area contributed by atoms with Crippen LogP contribution in [-0.4, -0.2) is 37.1 Å². The molecule has 8 heteroatoms. The molecule has 0 radical (unpaired) electrons. The molecule has 0 saturated carbocycles. The molecule has 0 bridgehead atoms. The highest BCUT2D eigenvalue weighted by Crippen LogP contribution is 2.36. The topological polar surface area (TPSA) is 44.8 Å². The predicted molar refractivity (Wildman–Crippen MR) is 112 cm³/mol. The Morgan fingerprint density at radius 1 is 1.14 bits per heavy atom. The van der Waals surface area contributed by atoms with E-state index in [0.717, 1.165) is 12.1 Å². The van der Waals surface area contributed by atoms with Crippen LogP contribution in [-0.2, 0) is 4.79 Å². The number of hydrogen-bond acceptors (Lipinski definition) is 3. The van der Waals surface area contributed by atoms with E-state index in [1.54, 1.807) is 57.3 Å². The first-order valence-electron chi connectivity index (χ1n) is 8.87. The number of likely N-dealkylation sites (N-methyl/N-ethyl adjacent to an activating group) is 1. The number of ether oxygens (including phenoxy) is 1. The van der Waals surface area contributed by atoms with Gasteiger partial charge in [0, 0.05) is 25.5 Å². The number of methoxy groups -OCH3 is 1. The first-order chi connectivity index (χ1) is 13.8. The van der Waals surface area contributed by atoms with Gasteiger partial charge in [-0.15, -0.1) is 0 Å². The van der Waals surface area contributed by atoms with Crippen molar-refractivity contribution in [3.63, 3.8) is 0 Å². The van der Waals surface area contributed by atoms with Crippen LogP contribution < -0.4 is 15.0 Å². The highest BCUT2D eigenvalue weighted by molar-refractivity contribution is 7.80. The highest BCUT2D eigenvalue weighted by Gasteiger charge is 2.37. The van der Waals surface area contributed by atoms with Gasteiger partial charge in [0.2, 0.25) is 0 Å². The van der Waals surface area contributed by atoms with Crippen molar-refractivity contribution < 1.29 is 18.3 Å². The molecule has 1 atom stereocenters. The Kier molecular flexibility index (Phi) is 5.83. The number of thiocarbonyl (C=S) groups is 1. The molecule has 0 saturated heterocycles. The number of nitrogens with zero attached hydrogens (tertiary/aromatic N) is 2. The molecule has 2 aromatic carbocycles. The molecule has 0 aromatic heterocycles. The molecule has 3 rings (SSSR count). The summed E-state index contributed by atoms with van der Waals surface area (Å²) in [6, 6.07) is 9.66. The van der Waals surface area contributed by atoms with E-state index in [1.165, 1.54) is 11.0 Å². The fraction of sp³-hybridized carbons (Fsp3) is 0.238. The Labute approximate surface area is 173 Å². The normalized spacial score (nSPS) is 16.6. The van der Waals surface area contributed by atoms with Gasteiger partial charge in [0.05, 0.1) is 24.3 Å². The molecule has 1 aliphatic heterocycles. The summed E-state index contributed by atoms with van der Waals surface area (Å²) in [5.74, 6) is -1.20. The largest absolute Gasteiger partial charge is 0.497 e. The van der Waals surface area contributed by atoms with E-state index < -0.39 is 17.7 Å². The van der Waals surface area contributed by atoms with Crippen LogP contribution in [0.5, 0.6) is 5.75 Å². The summed E-state index contributed by atoms with van der Waals surface area (Å²) in [6.45, 7) is 1.71. The van der Waals surface area contributed by atoms with Gasteiger partial charge >= 0.3 is 0 Å². The van der Waals surface area contributed by atoms with Gasteiger partial charge < -0.3 is 15.0 Å². The number of hydrogen-bond donors (Lipinski definition) is 1. The first kappa shape index (κ1) is 20.7. The lowest BCUT2D eigenvalue weighted by Crippen LogP contribution is -2.49. The molecule has 1 unspecified atom stereocenters. The molecule has 0 aliphatic carbocycles. The van der Waals surface area contributed by atoms with Crippen molar-refractivity contribution >= 4 is 28.9 Å². The summed E-state index contributed by atoms with van der Waals surface area (Å²) >= 11 is 5.50. The molecule has 1 heterocycles. The molecule has 29 heavy (non-hydrogen) atoms. The lowest BCUT2D eigenvalue weighted by molar-refractivity contribution is -0.125. The number of nitrogens with one attached hydrogen (secondary N) is 1. The average Bonchev–Trinajstić information content (AvgIpc) is 2.68. The zero-order valence-electron chi connectivity index (χ0n) is 16.5. The third kappa shape index (κ3) is 3.80. The number of amides is 1. The summed E-state index contributed by atoms with van der Waals surface area (Å²) < 4.78 is 34.2. The van der Waals surface area contributed by atoms with Crippen LogP contribution in [0.3, 0.4) is 0 Å². The number of anilines is 1. The first-order valence-corrected chi connectivity index (χ1v) is 9.28. The summed E-state index contributed by atoms with van der Waals surface area (Å²) in [4.78, 5) is 16.0. The molecular formula is C21H21F2N3O2S. The maximum absolute atomic E-state index is 14.5. The van der Waals surface area contributed by atoms with Gasteiger partial charge in [-0.25, -0.2) is 8.78 Å². The van der Waals surface area contributed by atoms with Crippen LogP contribution >= 0.6 is 12.2 Å². The minimum Gasteiger partial charge on any atom is -0.497 e. The summed E-state index contributed by atoms with van der Waals surface area (Å²) in [5, 5.41) is 3.18. The van der Waals surface area contributed by atoms with Crippen LogP contribution in [0, 0.1) is 11.6 Å². The van der Waals surface area contributed by atoms with Crippen molar-refractivity contribution in [2.75, 3.05) is 26.1 Å². The van der Waals surface area contributed by atoms with Crippen molar-refractivity contribution in [3.05, 3.63) is 70.9 Å². The molecule has 5 nitrogen and oxygen atoms in total. The zero-order chi connectivity index (χ0) is 21.3. The second-order valence-corrected chi connectivity index (χ2v) is 7.14. The quantitative estimate of drug-likeness (QED) is 0.768. The Hall–Kier alpha value is -3.00. The number of allylic oxidation sites excluding steroid dienone is 1. The fourth-order valence-electron chi connectivity index (χ4n) is 3.31. The van der Waals surface area contributed by atoms with Gasteiger partial charge in [-0.2, -0.15) is 0 Å². The Bertz CT molecular complexity index is 970. The lowest BCUT2D eigenvalue weighted by Gasteiger charge is -2.38. The monoisotopic (exact) mass is 417 g/mol. The third-order valence-corrected chi connectivity index (χ3v) is 5.04. The number of carbonyl (C=O) groups excluding carboxylic acids is 1. The average molecular weight is 417 g/mol. The van der Waals surface area contributed by atoms with Crippen LogP contribution in [0.4, 0.5) is 14.5 Å². The van der Waals surface area contributed by atoms with Crippen molar-refractivity contribution in [2.45, 2.75) is 13.0 Å². The Balaban J connectivity index is 2.19. The highest BCUT2D eigenvalue weighted by atomic mass is 32.1. The van der Waals surface area contributed by atoms with Crippen LogP contribution in [0.25, 0.3) is 0 Å². The van der Waals surface area contributed by atoms with Crippen molar-refractivity contribution in [1.29, 1.82) is 0 Å². The van der Waals surface area contributed by atoms with E-state index in [1.807, 2.05) is 0 Å². The standard InChI is InChI=1S/C21H21F2N3O2S/c1-12-17(20(27)25(2)3)19(18-15(22)6-5-7-16(18)23)24-21(29)26(12)13-8-10-14(28-4)11-9-13/h5-11,19H,1-4H3,(H,24,29). The Morgan fingerprint density at radius 3 is 2.24 bits per heavy atom. The van der Waals surface area contributed by atoms with Gasteiger partial charge in [-0.05, 0) is 55.5 Å². The predicted octanol–water partition coefficient (Wildman–Crippen LogP) is 3.77. The zero-order valence-corrected chi connectivity index (χ0v) is 17.3. The Morgan fingerprint density at radius 2 is 1.72 bits per heavy atom. The second kappa shape index (κ2) is 8.16. The number of benzene rings is 2. The van der Waals surface area contributed by atoms with Crippen LogP contribution in [0.15, 0.2) is 53.7 Å². The maximum atomic E-state index is 14.5. The van der Waals surface area contributed by atoms with Crippen LogP contribution in [0.1, 0.15) is 18.5 Å². The number of halogens is 2. The molecule has 1 N–H and O–H groups in total. The minimum atomic E-state index is -1.05. The van der Waals surface area contributed by atoms with E-state index in [4.69, 9.17) is 17.0 Å². The SMILES string of the molecule is COc1ccc(N2C(=S)NC(c3c(F)cccc3F)C(C(=O)N(C)C)=C2C)cc1. The number of carbonyl (C=O) groups is 1. The smallest absolute Gasteiger partial charge is 0.253 e. The van der Waals surface area contributed by atoms with Crippen LogP contribution in [0.2, 0.25) is 0 Å². The van der Waals surface area contributed by atoms with Gasteiger partial charge in [0.1, 0.15) is 17.4 Å². The maximum Gasteiger partial charge on any atom is 0.253 e. The van der Waals surface area contributed by atoms with Crippen molar-refractivity contribution in [2.24, 2.45) is 0 Å². The van der Waals surface area contributed by atoms with E-state index in [9.17, 15) is 13.6 Å². The molecule has 2 aromatic rings. The second-order valence-electron chi connectivity index (χ2n) is 6.75. The fourth-order valence-corrected chi connectivity index (χ4v) is 3.67. The van der Waals surface area contributed by atoms with E-state index in [-0.39, 0.29) is 22.2 Å². The van der Waals surface area contributed by atoms with Gasteiger partial charge in [0.15, 0.2) is 5.11 Å². The summed E-state index contributed by atoms with van der Waals surface area (Å²) in [6.07, 6.45) is 0. The molecule has 0 spiro atoms. The molecule has 0 fully saturated rings. The molecule has 1 aliphatic rings. The van der Waals surface area contributed by atoms with Gasteiger partial charge in [0.25, 0.3) is 5.91 Å². The van der Waals surface area contributed by atoms with Crippen molar-refractivity contribution in [1.82, 2.24) is 10.2 Å². The van der Waals surface area contributed by atoms with Crippen molar-refractivity contribution in [3.8, 4) is 5.75 Å². The van der Waals surface area contributed by atoms with E-state index in [2.05, 4.69) is 5.32 Å².